The van der Waals surface area contributed by atoms with Gasteiger partial charge in [-0.1, -0.05) is 30.3 Å². The van der Waals surface area contributed by atoms with E-state index >= 15 is 0 Å². The van der Waals surface area contributed by atoms with Gasteiger partial charge in [-0.25, -0.2) is 0 Å². The molecule has 1 aromatic rings. The maximum absolute atomic E-state index is 12.3. The summed E-state index contributed by atoms with van der Waals surface area (Å²) in [6.07, 6.45) is 3.16. The van der Waals surface area contributed by atoms with Crippen LogP contribution in [0.3, 0.4) is 0 Å². The first kappa shape index (κ1) is 15.5. The van der Waals surface area contributed by atoms with Crippen LogP contribution in [-0.4, -0.2) is 23.0 Å². The summed E-state index contributed by atoms with van der Waals surface area (Å²) in [4.78, 5) is 23.3. The van der Waals surface area contributed by atoms with Gasteiger partial charge in [-0.2, -0.15) is 0 Å². The number of nitrogens with two attached hydrogens (primary N) is 1. The molecule has 1 atom stereocenters. The smallest absolute Gasteiger partial charge is 0.305 e. The number of carboxylic acid groups (broad SMARTS) is 1. The second kappa shape index (κ2) is 7.22. The van der Waals surface area contributed by atoms with E-state index < -0.39 is 12.0 Å². The molecule has 0 heterocycles. The number of benzene rings is 1. The van der Waals surface area contributed by atoms with Crippen LogP contribution in [0.25, 0.3) is 0 Å². The van der Waals surface area contributed by atoms with Crippen molar-refractivity contribution in [1.29, 1.82) is 0 Å². The largest absolute Gasteiger partial charge is 0.481 e. The van der Waals surface area contributed by atoms with Gasteiger partial charge in [-0.05, 0) is 31.2 Å². The fourth-order valence-corrected chi connectivity index (χ4v) is 2.78. The number of carbonyl (C=O) groups excluding carboxylic acids is 1. The maximum atomic E-state index is 12.3. The van der Waals surface area contributed by atoms with Crippen LogP contribution in [0.5, 0.6) is 0 Å². The molecule has 4 N–H and O–H groups in total. The SMILES string of the molecule is NC1CCC(C(=O)NC(CC(=O)O)c2ccccc2)CC1. The first-order valence-corrected chi connectivity index (χ1v) is 7.39. The van der Waals surface area contributed by atoms with E-state index in [0.717, 1.165) is 31.2 Å². The van der Waals surface area contributed by atoms with Crippen LogP contribution < -0.4 is 11.1 Å². The Hall–Kier alpha value is -1.88. The van der Waals surface area contributed by atoms with Crippen LogP contribution in [0, 0.1) is 5.92 Å². The van der Waals surface area contributed by atoms with Gasteiger partial charge in [0, 0.05) is 12.0 Å². The summed E-state index contributed by atoms with van der Waals surface area (Å²) >= 11 is 0. The quantitative estimate of drug-likeness (QED) is 0.771. The van der Waals surface area contributed by atoms with Crippen LogP contribution >= 0.6 is 0 Å². The molecule has 1 unspecified atom stereocenters. The van der Waals surface area contributed by atoms with Gasteiger partial charge in [0.1, 0.15) is 0 Å². The third-order valence-corrected chi connectivity index (χ3v) is 4.04. The molecule has 21 heavy (non-hydrogen) atoms. The van der Waals surface area contributed by atoms with E-state index in [0.29, 0.717) is 0 Å². The van der Waals surface area contributed by atoms with Gasteiger partial charge in [-0.3, -0.25) is 9.59 Å². The van der Waals surface area contributed by atoms with Crippen molar-refractivity contribution in [3.8, 4) is 0 Å². The average molecular weight is 290 g/mol. The summed E-state index contributed by atoms with van der Waals surface area (Å²) in [5.74, 6) is -1.03. The molecule has 1 fully saturated rings. The van der Waals surface area contributed by atoms with E-state index in [1.54, 1.807) is 0 Å². The summed E-state index contributed by atoms with van der Waals surface area (Å²) in [7, 11) is 0. The van der Waals surface area contributed by atoms with Crippen molar-refractivity contribution in [2.75, 3.05) is 0 Å². The van der Waals surface area contributed by atoms with Crippen molar-refractivity contribution >= 4 is 11.9 Å². The molecule has 1 aromatic carbocycles. The lowest BCUT2D eigenvalue weighted by Gasteiger charge is -2.27. The minimum atomic E-state index is -0.921. The molecular weight excluding hydrogens is 268 g/mol. The van der Waals surface area contributed by atoms with Gasteiger partial charge in [0.15, 0.2) is 0 Å². The van der Waals surface area contributed by atoms with Gasteiger partial charge >= 0.3 is 5.97 Å². The Morgan fingerprint density at radius 3 is 2.38 bits per heavy atom. The minimum Gasteiger partial charge on any atom is -0.481 e. The highest BCUT2D eigenvalue weighted by Crippen LogP contribution is 2.25. The molecule has 0 radical (unpaired) electrons. The zero-order chi connectivity index (χ0) is 15.2. The van der Waals surface area contributed by atoms with Crippen molar-refractivity contribution in [2.24, 2.45) is 11.7 Å². The molecule has 0 spiro atoms. The standard InChI is InChI=1S/C16H22N2O3/c17-13-8-6-12(7-9-13)16(21)18-14(10-15(19)20)11-4-2-1-3-5-11/h1-5,12-14H,6-10,17H2,(H,18,21)(H,19,20). The zero-order valence-corrected chi connectivity index (χ0v) is 12.0. The summed E-state index contributed by atoms with van der Waals surface area (Å²) < 4.78 is 0. The normalized spacial score (nSPS) is 23.3. The van der Waals surface area contributed by atoms with Crippen LogP contribution in [0.15, 0.2) is 30.3 Å². The fraction of sp³-hybridized carbons (Fsp3) is 0.500. The van der Waals surface area contributed by atoms with Gasteiger partial charge in [0.2, 0.25) is 5.91 Å². The Labute approximate surface area is 124 Å². The lowest BCUT2D eigenvalue weighted by Crippen LogP contribution is -2.38. The number of amides is 1. The highest BCUT2D eigenvalue weighted by atomic mass is 16.4. The van der Waals surface area contributed by atoms with Gasteiger partial charge in [-0.15, -0.1) is 0 Å². The van der Waals surface area contributed by atoms with Gasteiger partial charge in [0.25, 0.3) is 0 Å². The lowest BCUT2D eigenvalue weighted by atomic mass is 9.85. The van der Waals surface area contributed by atoms with Crippen molar-refractivity contribution < 1.29 is 14.7 Å². The first-order chi connectivity index (χ1) is 10.1. The van der Waals surface area contributed by atoms with E-state index in [4.69, 9.17) is 10.8 Å². The Bertz CT molecular complexity index is 482. The average Bonchev–Trinajstić information content (AvgIpc) is 2.47. The maximum Gasteiger partial charge on any atom is 0.305 e. The first-order valence-electron chi connectivity index (χ1n) is 7.39. The third kappa shape index (κ3) is 4.56. The monoisotopic (exact) mass is 290 g/mol. The van der Waals surface area contributed by atoms with Crippen LogP contribution in [-0.2, 0) is 9.59 Å². The number of carboxylic acids is 1. The Balaban J connectivity index is 2.01. The van der Waals surface area contributed by atoms with Crippen molar-refractivity contribution in [2.45, 2.75) is 44.2 Å². The molecule has 2 rings (SSSR count). The van der Waals surface area contributed by atoms with E-state index in [1.807, 2.05) is 30.3 Å². The van der Waals surface area contributed by atoms with Crippen molar-refractivity contribution in [3.05, 3.63) is 35.9 Å². The van der Waals surface area contributed by atoms with Crippen LogP contribution in [0.1, 0.15) is 43.7 Å². The molecule has 1 aliphatic rings. The summed E-state index contributed by atoms with van der Waals surface area (Å²) in [6, 6.07) is 8.94. The molecule has 1 amide bonds. The molecular formula is C16H22N2O3. The number of carbonyl (C=O) groups is 2. The summed E-state index contributed by atoms with van der Waals surface area (Å²) in [5.41, 5.74) is 6.67. The molecule has 1 aliphatic carbocycles. The molecule has 0 aromatic heterocycles. The second-order valence-corrected chi connectivity index (χ2v) is 5.68. The predicted octanol–water partition coefficient (Wildman–Crippen LogP) is 1.84. The fourth-order valence-electron chi connectivity index (χ4n) is 2.78. The van der Waals surface area contributed by atoms with Crippen molar-refractivity contribution in [3.63, 3.8) is 0 Å². The molecule has 5 nitrogen and oxygen atoms in total. The summed E-state index contributed by atoms with van der Waals surface area (Å²) in [5, 5.41) is 11.9. The topological polar surface area (TPSA) is 92.4 Å². The molecule has 0 bridgehead atoms. The minimum absolute atomic E-state index is 0.0511. The number of nitrogens with one attached hydrogen (secondary N) is 1. The summed E-state index contributed by atoms with van der Waals surface area (Å²) in [6.45, 7) is 0. The van der Waals surface area contributed by atoms with Crippen LogP contribution in [0.2, 0.25) is 0 Å². The second-order valence-electron chi connectivity index (χ2n) is 5.68. The van der Waals surface area contributed by atoms with Crippen LogP contribution in [0.4, 0.5) is 0 Å². The number of rotatable bonds is 5. The Morgan fingerprint density at radius 1 is 1.19 bits per heavy atom. The number of hydrogen-bond acceptors (Lipinski definition) is 3. The van der Waals surface area contributed by atoms with E-state index in [9.17, 15) is 9.59 Å². The van der Waals surface area contributed by atoms with E-state index in [2.05, 4.69) is 5.32 Å². The lowest BCUT2D eigenvalue weighted by molar-refractivity contribution is -0.138. The molecule has 1 saturated carbocycles. The molecule has 0 saturated heterocycles. The molecule has 114 valence electrons. The Morgan fingerprint density at radius 2 is 1.81 bits per heavy atom. The highest BCUT2D eigenvalue weighted by Gasteiger charge is 2.27. The highest BCUT2D eigenvalue weighted by molar-refractivity contribution is 5.80. The van der Waals surface area contributed by atoms with Gasteiger partial charge in [0.05, 0.1) is 12.5 Å². The molecule has 0 aliphatic heterocycles. The third-order valence-electron chi connectivity index (χ3n) is 4.04. The molecule has 5 heteroatoms. The van der Waals surface area contributed by atoms with E-state index in [1.165, 1.54) is 0 Å². The van der Waals surface area contributed by atoms with Crippen molar-refractivity contribution in [1.82, 2.24) is 5.32 Å². The number of aliphatic carboxylic acids is 1. The number of hydrogen-bond donors (Lipinski definition) is 3. The van der Waals surface area contributed by atoms with E-state index in [-0.39, 0.29) is 24.3 Å². The van der Waals surface area contributed by atoms with Gasteiger partial charge < -0.3 is 16.2 Å². The predicted molar refractivity (Wildman–Crippen MR) is 79.5 cm³/mol. The zero-order valence-electron chi connectivity index (χ0n) is 12.0. The Kier molecular flexibility index (Phi) is 5.33.